The Balaban J connectivity index is 1.78. The zero-order valence-corrected chi connectivity index (χ0v) is 21.0. The van der Waals surface area contributed by atoms with Crippen LogP contribution in [0.5, 0.6) is 5.75 Å². The molecular weight excluding hydrogens is 448 g/mol. The summed E-state index contributed by atoms with van der Waals surface area (Å²) in [6, 6.07) is 11.8. The van der Waals surface area contributed by atoms with Crippen LogP contribution in [0.25, 0.3) is 0 Å². The van der Waals surface area contributed by atoms with Gasteiger partial charge in [0.05, 0.1) is 5.92 Å². The van der Waals surface area contributed by atoms with E-state index < -0.39 is 5.92 Å². The molecule has 2 aromatic carbocycles. The minimum absolute atomic E-state index is 0.00648. The zero-order valence-electron chi connectivity index (χ0n) is 20.2. The van der Waals surface area contributed by atoms with Gasteiger partial charge in [0.1, 0.15) is 29.8 Å². The summed E-state index contributed by atoms with van der Waals surface area (Å²) in [5.41, 5.74) is 11.6. The Hall–Kier alpha value is -3.23. The predicted octanol–water partition coefficient (Wildman–Crippen LogP) is 6.30. The molecule has 0 spiro atoms. The van der Waals surface area contributed by atoms with E-state index in [0.29, 0.717) is 35.8 Å². The van der Waals surface area contributed by atoms with Gasteiger partial charge in [0, 0.05) is 23.4 Å². The van der Waals surface area contributed by atoms with Crippen LogP contribution in [0, 0.1) is 37.5 Å². The number of aryl methyl sites for hydroxylation is 2. The van der Waals surface area contributed by atoms with Crippen LogP contribution in [-0.2, 0) is 16.1 Å². The molecule has 0 aromatic heterocycles. The maximum Gasteiger partial charge on any atom is 0.205 e. The van der Waals surface area contributed by atoms with Gasteiger partial charge < -0.3 is 15.2 Å². The van der Waals surface area contributed by atoms with E-state index in [4.69, 9.17) is 26.8 Å². The van der Waals surface area contributed by atoms with Crippen LogP contribution < -0.4 is 10.5 Å². The Morgan fingerprint density at radius 3 is 2.62 bits per heavy atom. The van der Waals surface area contributed by atoms with Crippen molar-refractivity contribution in [1.82, 2.24) is 0 Å². The summed E-state index contributed by atoms with van der Waals surface area (Å²) in [6.45, 7) is 10.4. The van der Waals surface area contributed by atoms with Crippen molar-refractivity contribution in [2.24, 2.45) is 11.1 Å². The molecule has 1 aliphatic heterocycles. The van der Waals surface area contributed by atoms with Gasteiger partial charge in [0.25, 0.3) is 0 Å². The van der Waals surface area contributed by atoms with Crippen LogP contribution in [0.15, 0.2) is 53.1 Å². The van der Waals surface area contributed by atoms with E-state index in [1.807, 2.05) is 52.8 Å². The molecule has 2 N–H and O–H groups in total. The van der Waals surface area contributed by atoms with Gasteiger partial charge >= 0.3 is 0 Å². The van der Waals surface area contributed by atoms with Crippen LogP contribution in [0.4, 0.5) is 0 Å². The SMILES string of the molecule is Cc1cc(COc2ccc(Cl)cc2C)c(C)c(C2C(C#N)=C(N)OC3=C2C(=O)CC(C)(C)C3)c1. The highest BCUT2D eigenvalue weighted by Crippen LogP contribution is 2.48. The summed E-state index contributed by atoms with van der Waals surface area (Å²) in [7, 11) is 0. The Labute approximate surface area is 205 Å². The first-order valence-corrected chi connectivity index (χ1v) is 11.7. The molecule has 0 bridgehead atoms. The number of nitrogens with two attached hydrogens (primary N) is 1. The number of halogens is 1. The summed E-state index contributed by atoms with van der Waals surface area (Å²) in [5.74, 6) is 0.875. The average Bonchev–Trinajstić information content (AvgIpc) is 2.73. The van der Waals surface area contributed by atoms with Gasteiger partial charge in [-0.25, -0.2) is 0 Å². The number of Topliss-reactive ketones (excluding diaryl/α,β-unsaturated/α-hetero) is 1. The van der Waals surface area contributed by atoms with Crippen molar-refractivity contribution >= 4 is 17.4 Å². The van der Waals surface area contributed by atoms with Crippen molar-refractivity contribution in [2.45, 2.75) is 60.0 Å². The third-order valence-electron chi connectivity index (χ3n) is 6.61. The molecule has 0 amide bonds. The number of carbonyl (C=O) groups excluding carboxylic acids is 1. The van der Waals surface area contributed by atoms with Crippen molar-refractivity contribution in [3.63, 3.8) is 0 Å². The molecule has 6 heteroatoms. The van der Waals surface area contributed by atoms with E-state index >= 15 is 0 Å². The highest BCUT2D eigenvalue weighted by atomic mass is 35.5. The molecule has 0 fully saturated rings. The fourth-order valence-corrected chi connectivity index (χ4v) is 5.17. The summed E-state index contributed by atoms with van der Waals surface area (Å²) >= 11 is 6.07. The predicted molar refractivity (Wildman–Crippen MR) is 132 cm³/mol. The first-order valence-electron chi connectivity index (χ1n) is 11.3. The number of ketones is 1. The molecular formula is C28H29ClN2O3. The van der Waals surface area contributed by atoms with E-state index in [0.717, 1.165) is 33.6 Å². The zero-order chi connectivity index (χ0) is 24.8. The van der Waals surface area contributed by atoms with Crippen LogP contribution in [0.1, 0.15) is 60.4 Å². The number of hydrogen-bond donors (Lipinski definition) is 1. The minimum Gasteiger partial charge on any atom is -0.489 e. The second-order valence-corrected chi connectivity index (χ2v) is 10.5. The summed E-state index contributed by atoms with van der Waals surface area (Å²) < 4.78 is 12.0. The molecule has 0 saturated carbocycles. The number of carbonyl (C=O) groups is 1. The molecule has 1 heterocycles. The third-order valence-corrected chi connectivity index (χ3v) is 6.84. The normalized spacial score (nSPS) is 19.4. The summed E-state index contributed by atoms with van der Waals surface area (Å²) in [4.78, 5) is 13.3. The Morgan fingerprint density at radius 2 is 1.94 bits per heavy atom. The van der Waals surface area contributed by atoms with Crippen molar-refractivity contribution < 1.29 is 14.3 Å². The Bertz CT molecular complexity index is 1300. The molecule has 1 atom stereocenters. The van der Waals surface area contributed by atoms with E-state index in [2.05, 4.69) is 12.1 Å². The lowest BCUT2D eigenvalue weighted by Crippen LogP contribution is -2.33. The van der Waals surface area contributed by atoms with Crippen molar-refractivity contribution in [2.75, 3.05) is 0 Å². The van der Waals surface area contributed by atoms with Crippen molar-refractivity contribution in [3.8, 4) is 11.8 Å². The number of nitrogens with zero attached hydrogens (tertiary/aromatic N) is 1. The Morgan fingerprint density at radius 1 is 1.21 bits per heavy atom. The van der Waals surface area contributed by atoms with Gasteiger partial charge in [0.15, 0.2) is 5.78 Å². The van der Waals surface area contributed by atoms with Crippen molar-refractivity contribution in [3.05, 3.63) is 86.0 Å². The standard InChI is InChI=1S/C28H29ClN2O3/c1-15-8-18(14-33-23-7-6-19(29)10-16(23)2)17(3)20(9-15)25-21(13-30)27(31)34-24-12-28(4,5)11-22(32)26(24)25/h6-10,25H,11-12,14,31H2,1-5H3. The lowest BCUT2D eigenvalue weighted by atomic mass is 9.69. The van der Waals surface area contributed by atoms with E-state index in [9.17, 15) is 10.1 Å². The Kier molecular flexibility index (Phi) is 6.22. The number of benzene rings is 2. The molecule has 2 aliphatic rings. The van der Waals surface area contributed by atoms with Crippen LogP contribution >= 0.6 is 11.6 Å². The monoisotopic (exact) mass is 476 g/mol. The molecule has 176 valence electrons. The van der Waals surface area contributed by atoms with Crippen LogP contribution in [0.2, 0.25) is 5.02 Å². The van der Waals surface area contributed by atoms with E-state index in [-0.39, 0.29) is 22.7 Å². The molecule has 34 heavy (non-hydrogen) atoms. The maximum atomic E-state index is 13.3. The topological polar surface area (TPSA) is 85.3 Å². The molecule has 5 nitrogen and oxygen atoms in total. The molecule has 0 radical (unpaired) electrons. The van der Waals surface area contributed by atoms with E-state index in [1.165, 1.54) is 0 Å². The van der Waals surface area contributed by atoms with Crippen LogP contribution in [-0.4, -0.2) is 5.78 Å². The third kappa shape index (κ3) is 4.43. The van der Waals surface area contributed by atoms with Gasteiger partial charge in [-0.2, -0.15) is 5.26 Å². The van der Waals surface area contributed by atoms with Gasteiger partial charge in [-0.1, -0.05) is 43.1 Å². The van der Waals surface area contributed by atoms with Gasteiger partial charge in [-0.05, 0) is 66.6 Å². The fourth-order valence-electron chi connectivity index (χ4n) is 4.94. The van der Waals surface area contributed by atoms with Gasteiger partial charge in [-0.15, -0.1) is 0 Å². The van der Waals surface area contributed by atoms with Gasteiger partial charge in [0.2, 0.25) is 5.88 Å². The first-order chi connectivity index (χ1) is 16.0. The number of nitriles is 1. The molecule has 1 aliphatic carbocycles. The highest BCUT2D eigenvalue weighted by Gasteiger charge is 2.43. The number of ether oxygens (including phenoxy) is 2. The minimum atomic E-state index is -0.548. The molecule has 1 unspecified atom stereocenters. The largest absolute Gasteiger partial charge is 0.489 e. The lowest BCUT2D eigenvalue weighted by Gasteiger charge is -2.37. The second kappa shape index (κ2) is 8.85. The number of rotatable bonds is 4. The molecule has 0 saturated heterocycles. The maximum absolute atomic E-state index is 13.3. The second-order valence-electron chi connectivity index (χ2n) is 10.0. The summed E-state index contributed by atoms with van der Waals surface area (Å²) in [6.07, 6.45) is 1.00. The summed E-state index contributed by atoms with van der Waals surface area (Å²) in [5, 5.41) is 10.6. The smallest absolute Gasteiger partial charge is 0.205 e. The number of allylic oxidation sites excluding steroid dienone is 3. The highest BCUT2D eigenvalue weighted by molar-refractivity contribution is 6.30. The fraction of sp³-hybridized carbons (Fsp3) is 0.357. The lowest BCUT2D eigenvalue weighted by molar-refractivity contribution is -0.119. The van der Waals surface area contributed by atoms with Crippen molar-refractivity contribution in [1.29, 1.82) is 5.26 Å². The van der Waals surface area contributed by atoms with E-state index in [1.54, 1.807) is 6.07 Å². The average molecular weight is 477 g/mol. The number of hydrogen-bond acceptors (Lipinski definition) is 5. The van der Waals surface area contributed by atoms with Gasteiger partial charge in [-0.3, -0.25) is 4.79 Å². The van der Waals surface area contributed by atoms with Crippen LogP contribution in [0.3, 0.4) is 0 Å². The quantitative estimate of drug-likeness (QED) is 0.560. The first kappa shape index (κ1) is 23.9. The molecule has 4 rings (SSSR count). The molecule has 2 aromatic rings.